The Morgan fingerprint density at radius 3 is 2.11 bits per heavy atom. The van der Waals surface area contributed by atoms with E-state index in [1.165, 1.54) is 21.3 Å². The van der Waals surface area contributed by atoms with E-state index in [1.54, 1.807) is 0 Å². The van der Waals surface area contributed by atoms with Crippen molar-refractivity contribution in [2.75, 3.05) is 21.3 Å². The summed E-state index contributed by atoms with van der Waals surface area (Å²) in [5.41, 5.74) is 4.26. The SMILES string of the molecule is COc1cc([N+](=O)[O-])c(C(N)=O)c(OC)c1OC. The van der Waals surface area contributed by atoms with Crippen molar-refractivity contribution in [2.45, 2.75) is 0 Å². The van der Waals surface area contributed by atoms with Gasteiger partial charge in [0.15, 0.2) is 17.1 Å². The number of nitro groups is 1. The van der Waals surface area contributed by atoms with Crippen molar-refractivity contribution in [3.8, 4) is 17.2 Å². The second-order valence-electron chi connectivity index (χ2n) is 3.16. The smallest absolute Gasteiger partial charge is 0.289 e. The molecule has 8 nitrogen and oxygen atoms in total. The van der Waals surface area contributed by atoms with Crippen LogP contribution in [-0.4, -0.2) is 32.2 Å². The Bertz CT molecular complexity index is 500. The van der Waals surface area contributed by atoms with Crippen LogP contribution in [0.25, 0.3) is 0 Å². The van der Waals surface area contributed by atoms with E-state index in [-0.39, 0.29) is 22.8 Å². The first kappa shape index (κ1) is 13.6. The van der Waals surface area contributed by atoms with E-state index in [9.17, 15) is 14.9 Å². The van der Waals surface area contributed by atoms with Crippen LogP contribution >= 0.6 is 0 Å². The molecule has 0 bridgehead atoms. The van der Waals surface area contributed by atoms with Gasteiger partial charge in [0.2, 0.25) is 5.75 Å². The number of ether oxygens (including phenoxy) is 3. The lowest BCUT2D eigenvalue weighted by Crippen LogP contribution is -2.16. The summed E-state index contributed by atoms with van der Waals surface area (Å²) in [5.74, 6) is -0.971. The minimum Gasteiger partial charge on any atom is -0.492 e. The van der Waals surface area contributed by atoms with Gasteiger partial charge in [-0.15, -0.1) is 0 Å². The van der Waals surface area contributed by atoms with Crippen LogP contribution in [0.15, 0.2) is 6.07 Å². The number of rotatable bonds is 5. The molecule has 0 aliphatic heterocycles. The summed E-state index contributed by atoms with van der Waals surface area (Å²) in [6, 6.07) is 1.06. The minimum absolute atomic E-state index is 0.0689. The van der Waals surface area contributed by atoms with E-state index >= 15 is 0 Å². The summed E-state index contributed by atoms with van der Waals surface area (Å²) < 4.78 is 14.9. The van der Waals surface area contributed by atoms with Gasteiger partial charge in [-0.3, -0.25) is 14.9 Å². The summed E-state index contributed by atoms with van der Waals surface area (Å²) in [6.07, 6.45) is 0. The fraction of sp³-hybridized carbons (Fsp3) is 0.300. The zero-order valence-electron chi connectivity index (χ0n) is 10.1. The average molecular weight is 256 g/mol. The monoisotopic (exact) mass is 256 g/mol. The number of methoxy groups -OCH3 is 3. The number of nitrogens with two attached hydrogens (primary N) is 1. The molecule has 0 unspecified atom stereocenters. The average Bonchev–Trinajstić information content (AvgIpc) is 2.35. The van der Waals surface area contributed by atoms with Gasteiger partial charge in [-0.1, -0.05) is 0 Å². The van der Waals surface area contributed by atoms with Gasteiger partial charge in [0.25, 0.3) is 11.6 Å². The van der Waals surface area contributed by atoms with Crippen molar-refractivity contribution in [1.29, 1.82) is 0 Å². The highest BCUT2D eigenvalue weighted by atomic mass is 16.6. The predicted octanol–water partition coefficient (Wildman–Crippen LogP) is 0.719. The summed E-state index contributed by atoms with van der Waals surface area (Å²) in [5, 5.41) is 10.9. The molecule has 0 saturated carbocycles. The zero-order chi connectivity index (χ0) is 13.9. The number of carbonyl (C=O) groups is 1. The first-order valence-electron chi connectivity index (χ1n) is 4.75. The highest BCUT2D eigenvalue weighted by Gasteiger charge is 2.30. The van der Waals surface area contributed by atoms with Gasteiger partial charge in [-0.05, 0) is 0 Å². The van der Waals surface area contributed by atoms with Crippen LogP contribution in [0.2, 0.25) is 0 Å². The van der Waals surface area contributed by atoms with E-state index in [4.69, 9.17) is 19.9 Å². The third-order valence-corrected chi connectivity index (χ3v) is 2.25. The molecule has 2 N–H and O–H groups in total. The zero-order valence-corrected chi connectivity index (χ0v) is 10.1. The first-order valence-corrected chi connectivity index (χ1v) is 4.75. The van der Waals surface area contributed by atoms with Crippen LogP contribution in [-0.2, 0) is 0 Å². The highest BCUT2D eigenvalue weighted by molar-refractivity contribution is 6.01. The molecule has 0 saturated heterocycles. The summed E-state index contributed by atoms with van der Waals surface area (Å²) in [6.45, 7) is 0. The Morgan fingerprint density at radius 2 is 1.78 bits per heavy atom. The molecule has 1 aromatic rings. The lowest BCUT2D eigenvalue weighted by molar-refractivity contribution is -0.385. The second kappa shape index (κ2) is 5.21. The van der Waals surface area contributed by atoms with Crippen molar-refractivity contribution in [1.82, 2.24) is 0 Å². The molecule has 0 aliphatic carbocycles. The standard InChI is InChI=1S/C10H12N2O6/c1-16-6-4-5(12(14)15)7(10(11)13)9(18-3)8(6)17-2/h4H,1-3H3,(H2,11,13). The molecule has 1 amide bonds. The third kappa shape index (κ3) is 2.12. The van der Waals surface area contributed by atoms with Gasteiger partial charge in [-0.25, -0.2) is 0 Å². The van der Waals surface area contributed by atoms with Crippen LogP contribution < -0.4 is 19.9 Å². The first-order chi connectivity index (χ1) is 8.47. The Hall–Kier alpha value is -2.51. The van der Waals surface area contributed by atoms with Gasteiger partial charge in [-0.2, -0.15) is 0 Å². The topological polar surface area (TPSA) is 114 Å². The van der Waals surface area contributed by atoms with Crippen molar-refractivity contribution in [2.24, 2.45) is 5.73 Å². The van der Waals surface area contributed by atoms with Crippen LogP contribution in [0, 0.1) is 10.1 Å². The van der Waals surface area contributed by atoms with E-state index in [1.807, 2.05) is 0 Å². The van der Waals surface area contributed by atoms with Crippen LogP contribution in [0.3, 0.4) is 0 Å². The second-order valence-corrected chi connectivity index (χ2v) is 3.16. The Labute approximate surface area is 102 Å². The van der Waals surface area contributed by atoms with Crippen molar-refractivity contribution < 1.29 is 23.9 Å². The molecule has 0 spiro atoms. The van der Waals surface area contributed by atoms with Crippen LogP contribution in [0.1, 0.15) is 10.4 Å². The Balaban J connectivity index is 3.74. The van der Waals surface area contributed by atoms with Crippen LogP contribution in [0.5, 0.6) is 17.2 Å². The molecule has 8 heteroatoms. The number of carbonyl (C=O) groups excluding carboxylic acids is 1. The molecule has 0 aromatic heterocycles. The molecule has 0 radical (unpaired) electrons. The van der Waals surface area contributed by atoms with Crippen molar-refractivity contribution in [3.63, 3.8) is 0 Å². The van der Waals surface area contributed by atoms with Gasteiger partial charge in [0, 0.05) is 0 Å². The Morgan fingerprint density at radius 1 is 1.22 bits per heavy atom. The number of benzene rings is 1. The number of hydrogen-bond donors (Lipinski definition) is 1. The maximum atomic E-state index is 11.3. The summed E-state index contributed by atoms with van der Waals surface area (Å²) in [7, 11) is 3.87. The number of nitro benzene ring substituents is 1. The molecule has 1 aromatic carbocycles. The van der Waals surface area contributed by atoms with E-state index in [0.29, 0.717) is 0 Å². The predicted molar refractivity (Wildman–Crippen MR) is 61.3 cm³/mol. The molecule has 0 fully saturated rings. The lowest BCUT2D eigenvalue weighted by atomic mass is 10.1. The molecule has 0 aliphatic rings. The minimum atomic E-state index is -0.987. The molecule has 0 atom stereocenters. The van der Waals surface area contributed by atoms with Gasteiger partial charge in [0.1, 0.15) is 0 Å². The third-order valence-electron chi connectivity index (χ3n) is 2.25. The molecular weight excluding hydrogens is 244 g/mol. The molecule has 18 heavy (non-hydrogen) atoms. The molecule has 0 heterocycles. The summed E-state index contributed by atoms with van der Waals surface area (Å²) >= 11 is 0. The van der Waals surface area contributed by atoms with E-state index < -0.39 is 16.5 Å². The maximum Gasteiger partial charge on any atom is 0.289 e. The van der Waals surface area contributed by atoms with Gasteiger partial charge < -0.3 is 19.9 Å². The quantitative estimate of drug-likeness (QED) is 0.613. The van der Waals surface area contributed by atoms with Gasteiger partial charge in [0.05, 0.1) is 32.3 Å². The van der Waals surface area contributed by atoms with E-state index in [0.717, 1.165) is 6.07 Å². The fourth-order valence-corrected chi connectivity index (χ4v) is 1.53. The van der Waals surface area contributed by atoms with Crippen molar-refractivity contribution in [3.05, 3.63) is 21.7 Å². The fourth-order valence-electron chi connectivity index (χ4n) is 1.53. The number of primary amides is 1. The lowest BCUT2D eigenvalue weighted by Gasteiger charge is -2.14. The molecule has 98 valence electrons. The normalized spacial score (nSPS) is 9.72. The molecular formula is C10H12N2O6. The maximum absolute atomic E-state index is 11.3. The summed E-state index contributed by atoms with van der Waals surface area (Å²) in [4.78, 5) is 21.5. The van der Waals surface area contributed by atoms with Crippen LogP contribution in [0.4, 0.5) is 5.69 Å². The largest absolute Gasteiger partial charge is 0.492 e. The Kier molecular flexibility index (Phi) is 3.93. The van der Waals surface area contributed by atoms with Crippen molar-refractivity contribution >= 4 is 11.6 Å². The number of nitrogens with zero attached hydrogens (tertiary/aromatic N) is 1. The number of amides is 1. The highest BCUT2D eigenvalue weighted by Crippen LogP contribution is 2.44. The van der Waals surface area contributed by atoms with E-state index in [2.05, 4.69) is 0 Å². The number of hydrogen-bond acceptors (Lipinski definition) is 6. The molecule has 1 rings (SSSR count). The van der Waals surface area contributed by atoms with Gasteiger partial charge >= 0.3 is 0 Å².